The summed E-state index contributed by atoms with van der Waals surface area (Å²) >= 11 is 0. The van der Waals surface area contributed by atoms with Crippen molar-refractivity contribution < 1.29 is 32.8 Å². The quantitative estimate of drug-likeness (QED) is 0.130. The van der Waals surface area contributed by atoms with Crippen LogP contribution in [0.5, 0.6) is 69.0 Å². The molecule has 0 fully saturated rings. The second kappa shape index (κ2) is 30.4. The second-order valence-electron chi connectivity index (χ2n) is 37.8. The zero-order chi connectivity index (χ0) is 89.6. The number of aryl methyl sites for hydroxylation is 6. The summed E-state index contributed by atoms with van der Waals surface area (Å²) in [5.74, 6) is 10.4. The van der Waals surface area contributed by atoms with Crippen LogP contribution in [-0.4, -0.2) is 20.1 Å². The lowest BCUT2D eigenvalue weighted by molar-refractivity contribution is 0.464. The van der Waals surface area contributed by atoms with Crippen molar-refractivity contribution in [3.63, 3.8) is 0 Å². The molecule has 0 bridgehead atoms. The van der Waals surface area contributed by atoms with Gasteiger partial charge in [0.15, 0.2) is 5.58 Å². The zero-order valence-corrected chi connectivity index (χ0v) is 75.6. The van der Waals surface area contributed by atoms with Gasteiger partial charge in [0.25, 0.3) is 20.1 Å². The van der Waals surface area contributed by atoms with Crippen LogP contribution in [0, 0.1) is 41.5 Å². The van der Waals surface area contributed by atoms with Crippen molar-refractivity contribution >= 4 is 142 Å². The number of furan rings is 1. The summed E-state index contributed by atoms with van der Waals surface area (Å²) in [6, 6.07) is 130. The molecule has 0 atom stereocenters. The third-order valence-corrected chi connectivity index (χ3v) is 28.4. The first kappa shape index (κ1) is 79.3. The van der Waals surface area contributed by atoms with Gasteiger partial charge in [-0.2, -0.15) is 0 Å². The molecule has 8 aliphatic rings. The molecule has 0 unspecified atom stereocenters. The van der Waals surface area contributed by atoms with Crippen LogP contribution in [0.15, 0.2) is 368 Å². The Hall–Kier alpha value is -15.8. The van der Waals surface area contributed by atoms with Crippen molar-refractivity contribution in [2.45, 2.75) is 80.1 Å². The minimum Gasteiger partial charge on any atom is -0.458 e. The number of hydrogen-bond donors (Lipinski definition) is 0. The highest BCUT2D eigenvalue weighted by molar-refractivity contribution is 6.99. The molecule has 7 heterocycles. The number of hydrogen-bond acceptors (Lipinski definition) is 10. The Labute approximate surface area is 775 Å². The van der Waals surface area contributed by atoms with Crippen molar-refractivity contribution in [2.24, 2.45) is 0 Å². The van der Waals surface area contributed by atoms with Crippen LogP contribution in [0.4, 0.5) is 51.2 Å². The zero-order valence-electron chi connectivity index (χ0n) is 75.6. The third-order valence-electron chi connectivity index (χ3n) is 28.4. The largest absolute Gasteiger partial charge is 0.458 e. The van der Waals surface area contributed by atoms with Crippen molar-refractivity contribution in [1.82, 2.24) is 0 Å². The summed E-state index contributed by atoms with van der Waals surface area (Å²) in [5.41, 5.74) is 38.8. The fourth-order valence-electron chi connectivity index (χ4n) is 22.1. The summed E-state index contributed by atoms with van der Waals surface area (Å²) in [6.07, 6.45) is 0. The van der Waals surface area contributed by atoms with Gasteiger partial charge in [-0.25, -0.2) is 0 Å². The topological polar surface area (TPSA) is 78.2 Å². The molecule has 0 saturated heterocycles. The lowest BCUT2D eigenvalue weighted by Crippen LogP contribution is -2.57. The number of benzene rings is 18. The number of para-hydroxylation sites is 5. The van der Waals surface area contributed by atoms with Gasteiger partial charge in [0, 0.05) is 103 Å². The lowest BCUT2D eigenvalue weighted by atomic mass is 9.34. The number of fused-ring (bicyclic) bond motifs is 21. The van der Waals surface area contributed by atoms with E-state index in [1.165, 1.54) is 88.6 Å². The van der Waals surface area contributed by atoms with E-state index in [0.717, 1.165) is 181 Å². The van der Waals surface area contributed by atoms with Crippen molar-refractivity contribution in [1.29, 1.82) is 0 Å². The average Bonchev–Trinajstić information content (AvgIpc) is 0.789. The Balaban J connectivity index is 0.000000107. The lowest BCUT2D eigenvalue weighted by Gasteiger charge is -2.35. The molecule has 18 aromatic carbocycles. The first-order valence-corrected chi connectivity index (χ1v) is 46.0. The van der Waals surface area contributed by atoms with E-state index in [9.17, 15) is 0 Å². The second-order valence-corrected chi connectivity index (χ2v) is 37.8. The maximum Gasteiger partial charge on any atom is 0.260 e. The molecule has 636 valence electrons. The molecule has 0 saturated carbocycles. The van der Waals surface area contributed by atoms with Crippen LogP contribution in [0.25, 0.3) is 44.2 Å². The van der Waals surface area contributed by atoms with Crippen molar-refractivity contribution in [2.75, 3.05) is 14.7 Å². The van der Waals surface area contributed by atoms with Gasteiger partial charge < -0.3 is 47.5 Å². The highest BCUT2D eigenvalue weighted by Gasteiger charge is 2.47. The van der Waals surface area contributed by atoms with Crippen molar-refractivity contribution in [3.8, 4) is 91.2 Å². The number of rotatable bonds is 9. The van der Waals surface area contributed by atoms with Crippen LogP contribution in [0.3, 0.4) is 0 Å². The Bertz CT molecular complexity index is 7880. The standard InChI is InChI=1S/2C41H32BNO2.C38H26BNO3/c1-25-14-18-36-34(20-25)42-35-21-26(2)15-19-37(35)45-39-24-29(23-38(44-36)40(39)42)43(27-10-6-5-7-11-27)28-16-17-31-30-12-8-9-13-32(30)41(3,4)33(31)22-28;1-25-14-18-34-36(20-25)44-38-23-29(24-39-40(38)42(34)35-19-15-26(2)21-37(35)45-39)43(27-10-6-5-7-11-27)28-16-17-31-30-12-8-9-13-32(30)41(3,4)33(31)22-28;1-23-15-17-29-33(19-23)41-35-21-26(22-36-37(35)39(29)30-18-16-24(2)20-34(30)42-36)40(25-9-4-3-5-10-25)31-13-8-12-28-27-11-6-7-14-32(27)43-38(28)31/h2*5-24H,1-4H3;3-22H,1-2H3. The van der Waals surface area contributed by atoms with E-state index < -0.39 is 0 Å². The predicted octanol–water partition coefficient (Wildman–Crippen LogP) is 26.0. The van der Waals surface area contributed by atoms with E-state index in [1.54, 1.807) is 0 Å². The Kier molecular flexibility index (Phi) is 18.1. The normalized spacial score (nSPS) is 13.8. The Morgan fingerprint density at radius 1 is 0.211 bits per heavy atom. The maximum absolute atomic E-state index is 6.75. The van der Waals surface area contributed by atoms with E-state index in [4.69, 9.17) is 32.8 Å². The molecule has 13 heteroatoms. The molecule has 0 N–H and O–H groups in total. The summed E-state index contributed by atoms with van der Waals surface area (Å²) in [4.78, 5) is 6.89. The predicted molar refractivity (Wildman–Crippen MR) is 547 cm³/mol. The first-order chi connectivity index (χ1) is 64.8. The number of anilines is 9. The Morgan fingerprint density at radius 2 is 0.526 bits per heavy atom. The minimum atomic E-state index is -0.102. The molecule has 0 amide bonds. The summed E-state index contributed by atoms with van der Waals surface area (Å²) in [7, 11) is 0. The third kappa shape index (κ3) is 12.9. The molecular formula is C120H90B3N3O7. The summed E-state index contributed by atoms with van der Waals surface area (Å²) < 4.78 is 46.9. The summed E-state index contributed by atoms with van der Waals surface area (Å²) in [5, 5.41) is 2.18. The molecule has 2 aliphatic carbocycles. The van der Waals surface area contributed by atoms with E-state index in [0.29, 0.717) is 0 Å². The highest BCUT2D eigenvalue weighted by Crippen LogP contribution is 2.55. The van der Waals surface area contributed by atoms with Gasteiger partial charge in [0.1, 0.15) is 74.6 Å². The van der Waals surface area contributed by atoms with Crippen molar-refractivity contribution in [3.05, 3.63) is 420 Å². The monoisotopic (exact) mass is 1720 g/mol. The fraction of sp³-hybridized carbons (Fsp3) is 0.100. The van der Waals surface area contributed by atoms with Gasteiger partial charge >= 0.3 is 0 Å². The van der Waals surface area contributed by atoms with Crippen LogP contribution in [0.1, 0.15) is 83.3 Å². The molecule has 6 aliphatic heterocycles. The van der Waals surface area contributed by atoms with Gasteiger partial charge in [-0.05, 0) is 250 Å². The van der Waals surface area contributed by atoms with E-state index in [1.807, 2.05) is 18.2 Å². The van der Waals surface area contributed by atoms with Gasteiger partial charge in [0.2, 0.25) is 0 Å². The molecule has 133 heavy (non-hydrogen) atoms. The van der Waals surface area contributed by atoms with Gasteiger partial charge in [-0.3, -0.25) is 0 Å². The molecule has 1 aromatic heterocycles. The molecular weight excluding hydrogens is 1630 g/mol. The first-order valence-electron chi connectivity index (χ1n) is 46.0. The smallest absolute Gasteiger partial charge is 0.260 e. The SMILES string of the molecule is Cc1ccc2c(c1)B1c3cc(C)ccc3Oc3cc(N(c4ccccc4)c4ccc5c(c4)C(C)(C)c4ccccc4-5)cc(c31)O2.Cc1ccc2c(c1)Oc1cc(N(c3ccccc3)c3ccc4c(c3)C(C)(C)c3ccccc3-4)cc3c1B2c1ccc(C)cc1O3.Cc1ccc2c(c1)Oc1cc(N(c3ccccc3)c3cccc4c3oc3ccccc34)cc3c1B2c1ccc(C)cc1O3. The Morgan fingerprint density at radius 3 is 0.932 bits per heavy atom. The van der Waals surface area contributed by atoms with Crippen LogP contribution < -0.4 is 92.3 Å². The summed E-state index contributed by atoms with van der Waals surface area (Å²) in [6.45, 7) is 22.2. The maximum atomic E-state index is 6.75. The van der Waals surface area contributed by atoms with Gasteiger partial charge in [0.05, 0.1) is 22.7 Å². The molecule has 10 nitrogen and oxygen atoms in total. The van der Waals surface area contributed by atoms with E-state index >= 15 is 0 Å². The van der Waals surface area contributed by atoms with Crippen LogP contribution in [0.2, 0.25) is 0 Å². The molecule has 0 radical (unpaired) electrons. The van der Waals surface area contributed by atoms with Crippen LogP contribution >= 0.6 is 0 Å². The molecule has 27 rings (SSSR count). The highest BCUT2D eigenvalue weighted by atomic mass is 16.5. The van der Waals surface area contributed by atoms with E-state index in [2.05, 4.69) is 430 Å². The van der Waals surface area contributed by atoms with Crippen LogP contribution in [-0.2, 0) is 10.8 Å². The van der Waals surface area contributed by atoms with Gasteiger partial charge in [-0.1, -0.05) is 257 Å². The number of nitrogens with zero attached hydrogens (tertiary/aromatic N) is 3. The fourth-order valence-corrected chi connectivity index (χ4v) is 22.1. The minimum absolute atomic E-state index is 0.0248. The average molecular weight is 1720 g/mol. The van der Waals surface area contributed by atoms with E-state index in [-0.39, 0.29) is 31.0 Å². The molecule has 19 aromatic rings. The van der Waals surface area contributed by atoms with Gasteiger partial charge in [-0.15, -0.1) is 0 Å². The number of ether oxygens (including phenoxy) is 6. The molecule has 0 spiro atoms.